The molecule has 8 heteroatoms. The van der Waals surface area contributed by atoms with Crippen molar-refractivity contribution >= 4 is 15.9 Å². The quantitative estimate of drug-likeness (QED) is 0.797. The molecule has 1 aromatic rings. The van der Waals surface area contributed by atoms with Crippen LogP contribution in [0.5, 0.6) is 0 Å². The van der Waals surface area contributed by atoms with Gasteiger partial charge in [0.05, 0.1) is 24.6 Å². The van der Waals surface area contributed by atoms with Crippen LogP contribution in [0.4, 0.5) is 0 Å². The highest BCUT2D eigenvalue weighted by molar-refractivity contribution is 7.88. The van der Waals surface area contributed by atoms with E-state index in [2.05, 4.69) is 9.71 Å². The van der Waals surface area contributed by atoms with Gasteiger partial charge >= 0.3 is 0 Å². The Morgan fingerprint density at radius 3 is 2.76 bits per heavy atom. The molecule has 116 valence electrons. The maximum atomic E-state index is 12.3. The van der Waals surface area contributed by atoms with Crippen LogP contribution in [0, 0.1) is 0 Å². The molecule has 1 aromatic heterocycles. The number of carbonyl (C=O) groups excluding carboxylic acids is 1. The molecule has 0 spiro atoms. The summed E-state index contributed by atoms with van der Waals surface area (Å²) in [6, 6.07) is 3.20. The summed E-state index contributed by atoms with van der Waals surface area (Å²) in [5.74, 6) is -0.120. The normalized spacial score (nSPS) is 17.0. The first-order valence-electron chi connectivity index (χ1n) is 6.72. The number of sulfonamides is 1. The average Bonchev–Trinajstić information content (AvgIpc) is 2.45. The molecule has 1 saturated heterocycles. The van der Waals surface area contributed by atoms with Crippen LogP contribution >= 0.6 is 0 Å². The van der Waals surface area contributed by atoms with Crippen molar-refractivity contribution in [2.24, 2.45) is 0 Å². The lowest BCUT2D eigenvalue weighted by Crippen LogP contribution is -2.40. The van der Waals surface area contributed by atoms with E-state index in [4.69, 9.17) is 0 Å². The molecule has 21 heavy (non-hydrogen) atoms. The van der Waals surface area contributed by atoms with Gasteiger partial charge in [-0.1, -0.05) is 0 Å². The maximum absolute atomic E-state index is 12.3. The molecular formula is C13H19N3O4S. The highest BCUT2D eigenvalue weighted by Gasteiger charge is 2.22. The largest absolute Gasteiger partial charge is 0.393 e. The highest BCUT2D eigenvalue weighted by atomic mass is 32.2. The average molecular weight is 313 g/mol. The van der Waals surface area contributed by atoms with Crippen molar-refractivity contribution in [3.8, 4) is 0 Å². The highest BCUT2D eigenvalue weighted by Crippen LogP contribution is 2.14. The standard InChI is InChI=1S/C13H19N3O4S/c1-21(19,20)15-9-11-8-10(2-5-14-11)13(18)16-6-3-12(17)4-7-16/h2,5,8,12,15,17H,3-4,6-7,9H2,1H3. The number of likely N-dealkylation sites (tertiary alicyclic amines) is 1. The fraction of sp³-hybridized carbons (Fsp3) is 0.538. The second kappa shape index (κ2) is 6.50. The maximum Gasteiger partial charge on any atom is 0.253 e. The Labute approximate surface area is 124 Å². The fourth-order valence-corrected chi connectivity index (χ4v) is 2.57. The van der Waals surface area contributed by atoms with E-state index in [9.17, 15) is 18.3 Å². The Morgan fingerprint density at radius 1 is 1.48 bits per heavy atom. The van der Waals surface area contributed by atoms with Gasteiger partial charge in [0.1, 0.15) is 0 Å². The smallest absolute Gasteiger partial charge is 0.253 e. The summed E-state index contributed by atoms with van der Waals surface area (Å²) >= 11 is 0. The van der Waals surface area contributed by atoms with Crippen LogP contribution in [0.2, 0.25) is 0 Å². The van der Waals surface area contributed by atoms with Gasteiger partial charge in [0.2, 0.25) is 10.0 Å². The zero-order chi connectivity index (χ0) is 15.5. The van der Waals surface area contributed by atoms with E-state index >= 15 is 0 Å². The minimum Gasteiger partial charge on any atom is -0.393 e. The molecule has 1 fully saturated rings. The predicted octanol–water partition coefficient (Wildman–Crippen LogP) is -0.272. The molecule has 2 heterocycles. The van der Waals surface area contributed by atoms with Gasteiger partial charge in [0.15, 0.2) is 0 Å². The van der Waals surface area contributed by atoms with Crippen LogP contribution in [0.3, 0.4) is 0 Å². The minimum atomic E-state index is -3.30. The van der Waals surface area contributed by atoms with Crippen molar-refractivity contribution in [1.82, 2.24) is 14.6 Å². The van der Waals surface area contributed by atoms with Gasteiger partial charge in [-0.25, -0.2) is 13.1 Å². The molecule has 2 rings (SSSR count). The molecule has 0 aromatic carbocycles. The van der Waals surface area contributed by atoms with Gasteiger partial charge in [-0.15, -0.1) is 0 Å². The molecular weight excluding hydrogens is 294 g/mol. The van der Waals surface area contributed by atoms with Crippen LogP contribution in [0.15, 0.2) is 18.3 Å². The zero-order valence-electron chi connectivity index (χ0n) is 11.8. The second-order valence-electron chi connectivity index (χ2n) is 5.15. The summed E-state index contributed by atoms with van der Waals surface area (Å²) < 4.78 is 24.5. The van der Waals surface area contributed by atoms with Crippen molar-refractivity contribution in [1.29, 1.82) is 0 Å². The lowest BCUT2D eigenvalue weighted by Gasteiger charge is -2.29. The molecule has 0 radical (unpaired) electrons. The van der Waals surface area contributed by atoms with Crippen LogP contribution in [-0.2, 0) is 16.6 Å². The third-order valence-electron chi connectivity index (χ3n) is 3.33. The molecule has 2 N–H and O–H groups in total. The van der Waals surface area contributed by atoms with Gasteiger partial charge in [-0.2, -0.15) is 0 Å². The number of nitrogens with zero attached hydrogens (tertiary/aromatic N) is 2. The first kappa shape index (κ1) is 15.9. The summed E-state index contributed by atoms with van der Waals surface area (Å²) in [5, 5.41) is 9.46. The fourth-order valence-electron chi connectivity index (χ4n) is 2.16. The van der Waals surface area contributed by atoms with Crippen molar-refractivity contribution in [3.63, 3.8) is 0 Å². The van der Waals surface area contributed by atoms with E-state index < -0.39 is 10.0 Å². The number of aromatic nitrogens is 1. The van der Waals surface area contributed by atoms with Crippen LogP contribution in [0.25, 0.3) is 0 Å². The minimum absolute atomic E-state index is 0.0542. The number of aliphatic hydroxyl groups excluding tert-OH is 1. The van der Waals surface area contributed by atoms with E-state index in [1.54, 1.807) is 17.0 Å². The number of hydrogen-bond donors (Lipinski definition) is 2. The Balaban J connectivity index is 2.04. The monoisotopic (exact) mass is 313 g/mol. The molecule has 0 bridgehead atoms. The van der Waals surface area contributed by atoms with Gasteiger partial charge < -0.3 is 10.0 Å². The lowest BCUT2D eigenvalue weighted by molar-refractivity contribution is 0.0546. The number of aliphatic hydroxyl groups is 1. The number of piperidine rings is 1. The van der Waals surface area contributed by atoms with Gasteiger partial charge in [0, 0.05) is 24.8 Å². The first-order valence-corrected chi connectivity index (χ1v) is 8.61. The van der Waals surface area contributed by atoms with E-state index in [-0.39, 0.29) is 18.6 Å². The topological polar surface area (TPSA) is 99.6 Å². The Morgan fingerprint density at radius 2 is 2.14 bits per heavy atom. The van der Waals surface area contributed by atoms with E-state index in [0.29, 0.717) is 37.2 Å². The van der Waals surface area contributed by atoms with Gasteiger partial charge in [0.25, 0.3) is 5.91 Å². The Kier molecular flexibility index (Phi) is 4.92. The SMILES string of the molecule is CS(=O)(=O)NCc1cc(C(=O)N2CCC(O)CC2)ccn1. The van der Waals surface area contributed by atoms with Gasteiger partial charge in [-0.05, 0) is 25.0 Å². The molecule has 1 aliphatic heterocycles. The van der Waals surface area contributed by atoms with E-state index in [1.807, 2.05) is 0 Å². The molecule has 0 atom stereocenters. The summed E-state index contributed by atoms with van der Waals surface area (Å²) in [4.78, 5) is 18.1. The number of hydrogen-bond acceptors (Lipinski definition) is 5. The predicted molar refractivity (Wildman–Crippen MR) is 77.1 cm³/mol. The van der Waals surface area contributed by atoms with Crippen LogP contribution < -0.4 is 4.72 Å². The lowest BCUT2D eigenvalue weighted by atomic mass is 10.1. The second-order valence-corrected chi connectivity index (χ2v) is 6.99. The Hall–Kier alpha value is -1.51. The van der Waals surface area contributed by atoms with Crippen LogP contribution in [-0.4, -0.2) is 54.8 Å². The molecule has 1 amide bonds. The molecule has 1 aliphatic rings. The third kappa shape index (κ3) is 4.76. The van der Waals surface area contributed by atoms with Crippen molar-refractivity contribution < 1.29 is 18.3 Å². The van der Waals surface area contributed by atoms with Crippen molar-refractivity contribution in [2.45, 2.75) is 25.5 Å². The Bertz CT molecular complexity index is 610. The first-order chi connectivity index (χ1) is 9.85. The number of nitrogens with one attached hydrogen (secondary N) is 1. The molecule has 0 saturated carbocycles. The van der Waals surface area contributed by atoms with E-state index in [0.717, 1.165) is 6.26 Å². The number of rotatable bonds is 4. The number of amides is 1. The summed E-state index contributed by atoms with van der Waals surface area (Å²) in [5.41, 5.74) is 0.968. The molecule has 0 aliphatic carbocycles. The van der Waals surface area contributed by atoms with Crippen molar-refractivity contribution in [2.75, 3.05) is 19.3 Å². The van der Waals surface area contributed by atoms with Gasteiger partial charge in [-0.3, -0.25) is 9.78 Å². The molecule has 7 nitrogen and oxygen atoms in total. The van der Waals surface area contributed by atoms with Crippen LogP contribution in [0.1, 0.15) is 28.9 Å². The molecule has 0 unspecified atom stereocenters. The number of carbonyl (C=O) groups is 1. The van der Waals surface area contributed by atoms with Crippen molar-refractivity contribution in [3.05, 3.63) is 29.6 Å². The zero-order valence-corrected chi connectivity index (χ0v) is 12.6. The third-order valence-corrected chi connectivity index (χ3v) is 4.00. The summed E-state index contributed by atoms with van der Waals surface area (Å²) in [6.07, 6.45) is 3.39. The summed E-state index contributed by atoms with van der Waals surface area (Å²) in [6.45, 7) is 1.11. The van der Waals surface area contributed by atoms with E-state index in [1.165, 1.54) is 6.20 Å². The summed E-state index contributed by atoms with van der Waals surface area (Å²) in [7, 11) is -3.30. The number of pyridine rings is 1.